The SMILES string of the molecule is Cc1ccc(Cc2nsc(NCCc3ccccc3)n2)cc1. The first kappa shape index (κ1) is 14.7. The zero-order chi connectivity index (χ0) is 15.2. The van der Waals surface area contributed by atoms with Gasteiger partial charge in [0.15, 0.2) is 0 Å². The van der Waals surface area contributed by atoms with E-state index in [1.165, 1.54) is 28.2 Å². The van der Waals surface area contributed by atoms with Crippen molar-refractivity contribution in [3.8, 4) is 0 Å². The van der Waals surface area contributed by atoms with E-state index in [1.54, 1.807) is 0 Å². The highest BCUT2D eigenvalue weighted by molar-refractivity contribution is 7.09. The van der Waals surface area contributed by atoms with Crippen molar-refractivity contribution in [3.05, 3.63) is 77.1 Å². The van der Waals surface area contributed by atoms with Gasteiger partial charge in [-0.05, 0) is 24.5 Å². The topological polar surface area (TPSA) is 37.8 Å². The highest BCUT2D eigenvalue weighted by Gasteiger charge is 2.04. The lowest BCUT2D eigenvalue weighted by Gasteiger charge is -2.02. The minimum Gasteiger partial charge on any atom is -0.360 e. The van der Waals surface area contributed by atoms with E-state index in [-0.39, 0.29) is 0 Å². The molecule has 3 aromatic rings. The van der Waals surface area contributed by atoms with Gasteiger partial charge in [0, 0.05) is 24.5 Å². The Labute approximate surface area is 135 Å². The number of benzene rings is 2. The van der Waals surface area contributed by atoms with E-state index in [0.717, 1.165) is 30.3 Å². The second-order valence-electron chi connectivity index (χ2n) is 5.34. The number of hydrogen-bond acceptors (Lipinski definition) is 4. The van der Waals surface area contributed by atoms with Gasteiger partial charge in [0.2, 0.25) is 5.13 Å². The van der Waals surface area contributed by atoms with Gasteiger partial charge in [-0.2, -0.15) is 4.37 Å². The molecule has 0 amide bonds. The van der Waals surface area contributed by atoms with Crippen LogP contribution in [0.5, 0.6) is 0 Å². The molecule has 0 aliphatic carbocycles. The van der Waals surface area contributed by atoms with Gasteiger partial charge in [-0.15, -0.1) is 0 Å². The van der Waals surface area contributed by atoms with E-state index in [9.17, 15) is 0 Å². The predicted molar refractivity (Wildman–Crippen MR) is 92.5 cm³/mol. The number of nitrogens with zero attached hydrogens (tertiary/aromatic N) is 2. The number of nitrogens with one attached hydrogen (secondary N) is 1. The molecule has 0 spiro atoms. The third kappa shape index (κ3) is 4.15. The predicted octanol–water partition coefficient (Wildman–Crippen LogP) is 4.09. The van der Waals surface area contributed by atoms with Gasteiger partial charge in [0.25, 0.3) is 0 Å². The molecule has 0 atom stereocenters. The summed E-state index contributed by atoms with van der Waals surface area (Å²) in [5.41, 5.74) is 3.86. The van der Waals surface area contributed by atoms with Crippen LogP contribution in [0.4, 0.5) is 5.13 Å². The van der Waals surface area contributed by atoms with E-state index in [2.05, 4.69) is 70.1 Å². The van der Waals surface area contributed by atoms with Crippen LogP contribution in [0.1, 0.15) is 22.5 Å². The Bertz CT molecular complexity index is 705. The summed E-state index contributed by atoms with van der Waals surface area (Å²) < 4.78 is 4.43. The fourth-order valence-electron chi connectivity index (χ4n) is 2.24. The summed E-state index contributed by atoms with van der Waals surface area (Å²) in [5.74, 6) is 0.885. The van der Waals surface area contributed by atoms with Crippen molar-refractivity contribution >= 4 is 16.7 Å². The van der Waals surface area contributed by atoms with Crippen molar-refractivity contribution in [2.75, 3.05) is 11.9 Å². The van der Waals surface area contributed by atoms with Crippen LogP contribution >= 0.6 is 11.5 Å². The third-order valence-corrected chi connectivity index (χ3v) is 4.19. The van der Waals surface area contributed by atoms with Crippen molar-refractivity contribution in [2.45, 2.75) is 19.8 Å². The zero-order valence-electron chi connectivity index (χ0n) is 12.6. The highest BCUT2D eigenvalue weighted by Crippen LogP contribution is 2.14. The molecule has 4 heteroatoms. The van der Waals surface area contributed by atoms with E-state index in [4.69, 9.17) is 0 Å². The molecule has 0 aliphatic rings. The molecule has 22 heavy (non-hydrogen) atoms. The molecular weight excluding hydrogens is 290 g/mol. The Morgan fingerprint density at radius 1 is 0.955 bits per heavy atom. The highest BCUT2D eigenvalue weighted by atomic mass is 32.1. The molecule has 0 radical (unpaired) electrons. The van der Waals surface area contributed by atoms with Gasteiger partial charge in [-0.3, -0.25) is 0 Å². The molecule has 3 rings (SSSR count). The molecule has 1 aromatic heterocycles. The molecule has 0 bridgehead atoms. The van der Waals surface area contributed by atoms with Crippen LogP contribution in [0.2, 0.25) is 0 Å². The van der Waals surface area contributed by atoms with E-state index in [0.29, 0.717) is 0 Å². The van der Waals surface area contributed by atoms with E-state index < -0.39 is 0 Å². The number of aromatic nitrogens is 2. The number of anilines is 1. The Hall–Kier alpha value is -2.20. The second-order valence-corrected chi connectivity index (χ2v) is 6.09. The van der Waals surface area contributed by atoms with Crippen molar-refractivity contribution in [3.63, 3.8) is 0 Å². The fraction of sp³-hybridized carbons (Fsp3) is 0.222. The van der Waals surface area contributed by atoms with Crippen molar-refractivity contribution < 1.29 is 0 Å². The third-order valence-electron chi connectivity index (χ3n) is 3.48. The fourth-order valence-corrected chi connectivity index (χ4v) is 2.85. The smallest absolute Gasteiger partial charge is 0.202 e. The summed E-state index contributed by atoms with van der Waals surface area (Å²) in [6.07, 6.45) is 1.78. The van der Waals surface area contributed by atoms with Crippen LogP contribution in [0.25, 0.3) is 0 Å². The summed E-state index contributed by atoms with van der Waals surface area (Å²) >= 11 is 1.43. The normalized spacial score (nSPS) is 10.6. The quantitative estimate of drug-likeness (QED) is 0.745. The lowest BCUT2D eigenvalue weighted by atomic mass is 10.1. The maximum atomic E-state index is 4.56. The summed E-state index contributed by atoms with van der Waals surface area (Å²) in [4.78, 5) is 4.56. The molecule has 0 saturated carbocycles. The van der Waals surface area contributed by atoms with Crippen LogP contribution in [-0.2, 0) is 12.8 Å². The largest absolute Gasteiger partial charge is 0.360 e. The molecule has 0 aliphatic heterocycles. The lowest BCUT2D eigenvalue weighted by Crippen LogP contribution is -2.04. The van der Waals surface area contributed by atoms with Crippen molar-refractivity contribution in [1.29, 1.82) is 0 Å². The average Bonchev–Trinajstić information content (AvgIpc) is 2.98. The van der Waals surface area contributed by atoms with Gasteiger partial charge in [0.05, 0.1) is 0 Å². The maximum Gasteiger partial charge on any atom is 0.202 e. The van der Waals surface area contributed by atoms with Gasteiger partial charge in [0.1, 0.15) is 5.82 Å². The van der Waals surface area contributed by atoms with Crippen molar-refractivity contribution in [2.24, 2.45) is 0 Å². The maximum absolute atomic E-state index is 4.56. The van der Waals surface area contributed by atoms with Gasteiger partial charge in [-0.1, -0.05) is 60.2 Å². The van der Waals surface area contributed by atoms with E-state index >= 15 is 0 Å². The Morgan fingerprint density at radius 2 is 1.73 bits per heavy atom. The van der Waals surface area contributed by atoms with E-state index in [1.807, 2.05) is 6.07 Å². The summed E-state index contributed by atoms with van der Waals surface area (Å²) in [7, 11) is 0. The molecule has 1 heterocycles. The molecule has 0 unspecified atom stereocenters. The lowest BCUT2D eigenvalue weighted by molar-refractivity contribution is 0.994. The Morgan fingerprint density at radius 3 is 2.50 bits per heavy atom. The molecular formula is C18H19N3S. The summed E-state index contributed by atoms with van der Waals surface area (Å²) in [6, 6.07) is 19.0. The molecule has 112 valence electrons. The van der Waals surface area contributed by atoms with Gasteiger partial charge in [-0.25, -0.2) is 4.98 Å². The number of aryl methyl sites for hydroxylation is 1. The first-order valence-electron chi connectivity index (χ1n) is 7.45. The molecule has 2 aromatic carbocycles. The minimum atomic E-state index is 0.789. The number of hydrogen-bond donors (Lipinski definition) is 1. The van der Waals surface area contributed by atoms with Crippen LogP contribution in [0.15, 0.2) is 54.6 Å². The monoisotopic (exact) mass is 309 g/mol. The van der Waals surface area contributed by atoms with Crippen LogP contribution in [-0.4, -0.2) is 15.9 Å². The number of rotatable bonds is 6. The minimum absolute atomic E-state index is 0.789. The molecule has 0 fully saturated rings. The van der Waals surface area contributed by atoms with Crippen LogP contribution in [0, 0.1) is 6.92 Å². The van der Waals surface area contributed by atoms with Crippen molar-refractivity contribution in [1.82, 2.24) is 9.36 Å². The Kier molecular flexibility index (Phi) is 4.81. The van der Waals surface area contributed by atoms with Crippen LogP contribution in [0.3, 0.4) is 0 Å². The molecule has 1 N–H and O–H groups in total. The Balaban J connectivity index is 1.51. The summed E-state index contributed by atoms with van der Waals surface area (Å²) in [5, 5.41) is 4.25. The zero-order valence-corrected chi connectivity index (χ0v) is 13.4. The second kappa shape index (κ2) is 7.18. The first-order chi connectivity index (χ1) is 10.8. The first-order valence-corrected chi connectivity index (χ1v) is 8.23. The molecule has 0 saturated heterocycles. The summed E-state index contributed by atoms with van der Waals surface area (Å²) in [6.45, 7) is 2.98. The van der Waals surface area contributed by atoms with Crippen LogP contribution < -0.4 is 5.32 Å². The molecule has 3 nitrogen and oxygen atoms in total. The average molecular weight is 309 g/mol. The van der Waals surface area contributed by atoms with Gasteiger partial charge < -0.3 is 5.32 Å². The van der Waals surface area contributed by atoms with Gasteiger partial charge >= 0.3 is 0 Å². The standard InChI is InChI=1S/C18H19N3S/c1-14-7-9-16(10-8-14)13-17-20-18(22-21-17)19-12-11-15-5-3-2-4-6-15/h2-10H,11-13H2,1H3,(H,19,20,21).